The van der Waals surface area contributed by atoms with Crippen LogP contribution in [0.5, 0.6) is 0 Å². The molecular formula is C50H68. The van der Waals surface area contributed by atoms with Crippen LogP contribution in [0.2, 0.25) is 0 Å². The van der Waals surface area contributed by atoms with Crippen molar-refractivity contribution in [3.05, 3.63) is 105 Å². The van der Waals surface area contributed by atoms with Crippen molar-refractivity contribution in [1.29, 1.82) is 0 Å². The van der Waals surface area contributed by atoms with Crippen molar-refractivity contribution >= 4 is 0 Å². The maximum atomic E-state index is 2.68. The Morgan fingerprint density at radius 2 is 0.440 bits per heavy atom. The number of rotatable bonds is 9. The van der Waals surface area contributed by atoms with Gasteiger partial charge in [-0.25, -0.2) is 0 Å². The van der Waals surface area contributed by atoms with Gasteiger partial charge in [0.2, 0.25) is 0 Å². The van der Waals surface area contributed by atoms with Crippen LogP contribution in [0, 0.1) is 0 Å². The zero-order valence-electron chi connectivity index (χ0n) is 31.7. The van der Waals surface area contributed by atoms with Gasteiger partial charge in [0.05, 0.1) is 0 Å². The summed E-state index contributed by atoms with van der Waals surface area (Å²) in [6.07, 6.45) is 37.5. The van der Waals surface area contributed by atoms with Crippen molar-refractivity contribution in [2.75, 3.05) is 0 Å². The molecular weight excluding hydrogens is 601 g/mol. The molecule has 3 aromatic rings. The predicted octanol–water partition coefficient (Wildman–Crippen LogP) is 15.1. The summed E-state index contributed by atoms with van der Waals surface area (Å²) >= 11 is 0. The fourth-order valence-corrected chi connectivity index (χ4v) is 11.5. The number of benzene rings is 3. The smallest absolute Gasteiger partial charge is 0.00254 e. The molecule has 0 unspecified atom stereocenters. The summed E-state index contributed by atoms with van der Waals surface area (Å²) in [5.74, 6) is 3.88. The molecule has 0 aliphatic heterocycles. The van der Waals surface area contributed by atoms with Crippen LogP contribution in [0.3, 0.4) is 0 Å². The first kappa shape index (κ1) is 34.7. The third-order valence-corrected chi connectivity index (χ3v) is 14.3. The van der Waals surface area contributed by atoms with E-state index in [9.17, 15) is 0 Å². The zero-order chi connectivity index (χ0) is 33.5. The highest BCUT2D eigenvalue weighted by Gasteiger charge is 2.24. The first-order valence-electron chi connectivity index (χ1n) is 22.1. The lowest BCUT2D eigenvalue weighted by atomic mass is 9.78. The van der Waals surface area contributed by atoms with Crippen LogP contribution in [0.1, 0.15) is 240 Å². The van der Waals surface area contributed by atoms with Gasteiger partial charge in [0.15, 0.2) is 0 Å². The van der Waals surface area contributed by atoms with E-state index in [1.807, 2.05) is 0 Å². The zero-order valence-corrected chi connectivity index (χ0v) is 31.7. The first-order chi connectivity index (χ1) is 24.7. The predicted molar refractivity (Wildman–Crippen MR) is 214 cm³/mol. The molecule has 5 aliphatic carbocycles. The fraction of sp³-hybridized carbons (Fsp3) is 0.640. The maximum absolute atomic E-state index is 2.68. The van der Waals surface area contributed by atoms with Crippen molar-refractivity contribution < 1.29 is 0 Å². The monoisotopic (exact) mass is 669 g/mol. The van der Waals surface area contributed by atoms with Crippen molar-refractivity contribution in [1.82, 2.24) is 0 Å². The van der Waals surface area contributed by atoms with Crippen LogP contribution in [0.15, 0.2) is 54.6 Å². The Bertz CT molecular complexity index is 1340. The summed E-state index contributed by atoms with van der Waals surface area (Å²) in [7, 11) is 0. The van der Waals surface area contributed by atoms with Gasteiger partial charge >= 0.3 is 0 Å². The van der Waals surface area contributed by atoms with E-state index in [1.165, 1.54) is 161 Å². The average Bonchev–Trinajstić information content (AvgIpc) is 3.19. The van der Waals surface area contributed by atoms with Crippen molar-refractivity contribution in [2.45, 2.75) is 203 Å². The van der Waals surface area contributed by atoms with Crippen molar-refractivity contribution in [3.63, 3.8) is 0 Å². The standard InChI is InChI=1S/C50H68/c1-6-16-41(17-7-1)46-29-37(27-39-31-47(42-18-8-2-9-19-42)35-48(32-39)43-20-10-3-11-21-43)26-38(30-46)28-40-33-49(44-22-12-4-13-23-44)36-50(34-40)45-24-14-5-15-25-45/h26,29-36,41-45H,1-25,27-28H2. The Hall–Kier alpha value is -2.34. The van der Waals surface area contributed by atoms with Gasteiger partial charge in [-0.1, -0.05) is 151 Å². The van der Waals surface area contributed by atoms with Gasteiger partial charge in [-0.05, 0) is 157 Å². The van der Waals surface area contributed by atoms with Crippen LogP contribution in [-0.2, 0) is 12.8 Å². The molecule has 50 heavy (non-hydrogen) atoms. The minimum Gasteiger partial charge on any atom is -0.0552 e. The van der Waals surface area contributed by atoms with Gasteiger partial charge in [0, 0.05) is 0 Å². The van der Waals surface area contributed by atoms with Gasteiger partial charge < -0.3 is 0 Å². The highest BCUT2D eigenvalue weighted by Crippen LogP contribution is 2.41. The molecule has 0 amide bonds. The van der Waals surface area contributed by atoms with Crippen LogP contribution in [0.25, 0.3) is 0 Å². The molecule has 0 aromatic heterocycles. The molecule has 0 nitrogen and oxygen atoms in total. The normalized spacial score (nSPS) is 22.6. The SMILES string of the molecule is c1c(Cc2cc(C3CCCCC3)cc(C3CCCCC3)c2)cc(C2CCCCC2)cc1Cc1cc(C2CCCCC2)cc(C2CCCCC2)c1. The topological polar surface area (TPSA) is 0 Å². The highest BCUT2D eigenvalue weighted by molar-refractivity contribution is 5.43. The Balaban J connectivity index is 1.13. The summed E-state index contributed by atoms with van der Waals surface area (Å²) in [6.45, 7) is 0. The molecule has 8 rings (SSSR count). The quantitative estimate of drug-likeness (QED) is 0.213. The third-order valence-electron chi connectivity index (χ3n) is 14.3. The van der Waals surface area contributed by atoms with E-state index in [-0.39, 0.29) is 0 Å². The lowest BCUT2D eigenvalue weighted by Gasteiger charge is -2.27. The molecule has 268 valence electrons. The molecule has 0 heterocycles. The largest absolute Gasteiger partial charge is 0.0552 e. The molecule has 3 aromatic carbocycles. The minimum atomic E-state index is 0.750. The molecule has 0 heteroatoms. The van der Waals surface area contributed by atoms with Crippen LogP contribution >= 0.6 is 0 Å². The van der Waals surface area contributed by atoms with E-state index >= 15 is 0 Å². The molecule has 0 N–H and O–H groups in total. The van der Waals surface area contributed by atoms with Gasteiger partial charge in [0.1, 0.15) is 0 Å². The summed E-state index contributed by atoms with van der Waals surface area (Å²) in [4.78, 5) is 0. The van der Waals surface area contributed by atoms with E-state index in [0.29, 0.717) is 0 Å². The van der Waals surface area contributed by atoms with Crippen molar-refractivity contribution in [2.24, 2.45) is 0 Å². The highest BCUT2D eigenvalue weighted by atomic mass is 14.3. The molecule has 5 saturated carbocycles. The van der Waals surface area contributed by atoms with Gasteiger partial charge in [-0.2, -0.15) is 0 Å². The van der Waals surface area contributed by atoms with Crippen molar-refractivity contribution in [3.8, 4) is 0 Å². The third kappa shape index (κ3) is 8.81. The average molecular weight is 669 g/mol. The summed E-state index contributed by atoms with van der Waals surface area (Å²) in [5, 5.41) is 0. The first-order valence-corrected chi connectivity index (χ1v) is 22.1. The summed E-state index contributed by atoms with van der Waals surface area (Å²) in [6, 6.07) is 24.0. The second-order valence-corrected chi connectivity index (χ2v) is 18.1. The van der Waals surface area contributed by atoms with Gasteiger partial charge in [-0.3, -0.25) is 0 Å². The van der Waals surface area contributed by atoms with Crippen LogP contribution in [0.4, 0.5) is 0 Å². The summed E-state index contributed by atoms with van der Waals surface area (Å²) < 4.78 is 0. The lowest BCUT2D eigenvalue weighted by molar-refractivity contribution is 0.435. The minimum absolute atomic E-state index is 0.750. The van der Waals surface area contributed by atoms with Gasteiger partial charge in [0.25, 0.3) is 0 Å². The Morgan fingerprint density at radius 1 is 0.240 bits per heavy atom. The van der Waals surface area contributed by atoms with Gasteiger partial charge in [-0.15, -0.1) is 0 Å². The fourth-order valence-electron chi connectivity index (χ4n) is 11.5. The van der Waals surface area contributed by atoms with E-state index in [2.05, 4.69) is 54.6 Å². The molecule has 0 radical (unpaired) electrons. The van der Waals surface area contributed by atoms with Crippen LogP contribution < -0.4 is 0 Å². The number of hydrogen-bond acceptors (Lipinski definition) is 0. The molecule has 0 bridgehead atoms. The number of hydrogen-bond donors (Lipinski definition) is 0. The second kappa shape index (κ2) is 17.0. The Kier molecular flexibility index (Phi) is 11.8. The maximum Gasteiger partial charge on any atom is -0.00254 e. The molecule has 0 atom stereocenters. The second-order valence-electron chi connectivity index (χ2n) is 18.1. The van der Waals surface area contributed by atoms with E-state index < -0.39 is 0 Å². The molecule has 0 spiro atoms. The molecule has 5 fully saturated rings. The summed E-state index contributed by atoms with van der Waals surface area (Å²) in [5.41, 5.74) is 14.7. The molecule has 5 aliphatic rings. The van der Waals surface area contributed by atoms with E-state index in [0.717, 1.165) is 42.4 Å². The Morgan fingerprint density at radius 3 is 0.680 bits per heavy atom. The lowest BCUT2D eigenvalue weighted by Crippen LogP contribution is -2.10. The Labute approximate surface area is 306 Å². The van der Waals surface area contributed by atoms with E-state index in [1.54, 1.807) is 50.1 Å². The van der Waals surface area contributed by atoms with Crippen LogP contribution in [-0.4, -0.2) is 0 Å². The molecule has 0 saturated heterocycles. The van der Waals surface area contributed by atoms with E-state index in [4.69, 9.17) is 0 Å².